The molecule has 9 heteroatoms. The Balaban J connectivity index is 1.36. The Bertz CT molecular complexity index is 1110. The molecule has 2 aromatic heterocycles. The summed E-state index contributed by atoms with van der Waals surface area (Å²) in [4.78, 5) is 19.4. The molecule has 0 N–H and O–H groups in total. The lowest BCUT2D eigenvalue weighted by atomic mass is 10.1. The number of aromatic nitrogens is 4. The van der Waals surface area contributed by atoms with Crippen LogP contribution in [-0.2, 0) is 31.4 Å². The Kier molecular flexibility index (Phi) is 4.45. The summed E-state index contributed by atoms with van der Waals surface area (Å²) in [5.74, 6) is 2.96. The van der Waals surface area contributed by atoms with Gasteiger partial charge in [0.05, 0.1) is 39.4 Å². The molecule has 0 unspecified atom stereocenters. The molecule has 5 rings (SSSR count). The van der Waals surface area contributed by atoms with Gasteiger partial charge in [0.15, 0.2) is 11.5 Å². The van der Waals surface area contributed by atoms with Crippen LogP contribution in [0, 0.1) is 0 Å². The standard InChI is InChI=1S/C21H23N5O4/c1-25-16-11-26(18(27)9-13-8-14(28-2)6-7-17(13)29-3)10-15(16)19(23-25)21-22-20(24-30-21)12-4-5-12/h6-8,12H,4-5,9-11H2,1-3H3. The summed E-state index contributed by atoms with van der Waals surface area (Å²) in [6, 6.07) is 5.47. The largest absolute Gasteiger partial charge is 0.497 e. The monoisotopic (exact) mass is 409 g/mol. The number of hydrogen-bond acceptors (Lipinski definition) is 7. The maximum absolute atomic E-state index is 13.1. The van der Waals surface area contributed by atoms with Crippen LogP contribution in [0.1, 0.15) is 41.4 Å². The smallest absolute Gasteiger partial charge is 0.278 e. The van der Waals surface area contributed by atoms with Gasteiger partial charge in [-0.3, -0.25) is 9.48 Å². The number of carbonyl (C=O) groups excluding carboxylic acids is 1. The van der Waals surface area contributed by atoms with Crippen molar-refractivity contribution in [1.82, 2.24) is 24.8 Å². The summed E-state index contributed by atoms with van der Waals surface area (Å²) in [7, 11) is 5.07. The Labute approximate surface area is 173 Å². The number of benzene rings is 1. The van der Waals surface area contributed by atoms with Gasteiger partial charge >= 0.3 is 0 Å². The zero-order chi connectivity index (χ0) is 20.8. The van der Waals surface area contributed by atoms with Crippen LogP contribution in [0.2, 0.25) is 0 Å². The first-order valence-electron chi connectivity index (χ1n) is 9.94. The second-order valence-corrected chi connectivity index (χ2v) is 7.73. The van der Waals surface area contributed by atoms with E-state index in [-0.39, 0.29) is 12.3 Å². The van der Waals surface area contributed by atoms with E-state index in [1.165, 1.54) is 0 Å². The fourth-order valence-corrected chi connectivity index (χ4v) is 3.88. The van der Waals surface area contributed by atoms with E-state index < -0.39 is 0 Å². The van der Waals surface area contributed by atoms with Gasteiger partial charge < -0.3 is 18.9 Å². The number of hydrogen-bond donors (Lipinski definition) is 0. The van der Waals surface area contributed by atoms with Crippen LogP contribution >= 0.6 is 0 Å². The van der Waals surface area contributed by atoms with Crippen molar-refractivity contribution in [3.05, 3.63) is 40.8 Å². The zero-order valence-electron chi connectivity index (χ0n) is 17.2. The van der Waals surface area contributed by atoms with Crippen molar-refractivity contribution in [3.8, 4) is 23.1 Å². The highest BCUT2D eigenvalue weighted by atomic mass is 16.5. The predicted octanol–water partition coefficient (Wildman–Crippen LogP) is 2.45. The lowest BCUT2D eigenvalue weighted by Crippen LogP contribution is -2.28. The Morgan fingerprint density at radius 3 is 2.80 bits per heavy atom. The number of methoxy groups -OCH3 is 2. The molecule has 1 aromatic carbocycles. The van der Waals surface area contributed by atoms with Crippen LogP contribution in [0.3, 0.4) is 0 Å². The van der Waals surface area contributed by atoms with E-state index in [1.807, 2.05) is 30.1 Å². The Morgan fingerprint density at radius 2 is 2.07 bits per heavy atom. The minimum Gasteiger partial charge on any atom is -0.497 e. The normalized spacial score (nSPS) is 15.4. The lowest BCUT2D eigenvalue weighted by molar-refractivity contribution is -0.131. The minimum absolute atomic E-state index is 0.00732. The summed E-state index contributed by atoms with van der Waals surface area (Å²) in [6.45, 7) is 0.957. The van der Waals surface area contributed by atoms with Gasteiger partial charge in [-0.1, -0.05) is 5.16 Å². The molecule has 0 bridgehead atoms. The quantitative estimate of drug-likeness (QED) is 0.617. The number of carbonyl (C=O) groups is 1. The number of nitrogens with zero attached hydrogens (tertiary/aromatic N) is 5. The number of aryl methyl sites for hydroxylation is 1. The fourth-order valence-electron chi connectivity index (χ4n) is 3.88. The number of ether oxygens (including phenoxy) is 2. The van der Waals surface area contributed by atoms with Crippen molar-refractivity contribution in [2.45, 2.75) is 38.3 Å². The third-order valence-corrected chi connectivity index (χ3v) is 5.73. The van der Waals surface area contributed by atoms with Gasteiger partial charge in [0.25, 0.3) is 5.89 Å². The molecule has 1 aliphatic carbocycles. The molecule has 156 valence electrons. The van der Waals surface area contributed by atoms with Gasteiger partial charge in [-0.2, -0.15) is 10.1 Å². The van der Waals surface area contributed by atoms with Crippen LogP contribution in [0.4, 0.5) is 0 Å². The van der Waals surface area contributed by atoms with Gasteiger partial charge in [0.2, 0.25) is 5.91 Å². The maximum Gasteiger partial charge on any atom is 0.278 e. The summed E-state index contributed by atoms with van der Waals surface area (Å²) in [5.41, 5.74) is 3.42. The molecule has 2 aliphatic rings. The van der Waals surface area contributed by atoms with Gasteiger partial charge in [-0.15, -0.1) is 0 Å². The Morgan fingerprint density at radius 1 is 1.23 bits per heavy atom. The summed E-state index contributed by atoms with van der Waals surface area (Å²) in [6.07, 6.45) is 2.44. The first kappa shape index (κ1) is 18.7. The first-order chi connectivity index (χ1) is 14.6. The molecule has 30 heavy (non-hydrogen) atoms. The maximum atomic E-state index is 13.1. The summed E-state index contributed by atoms with van der Waals surface area (Å²) in [5, 5.41) is 8.66. The van der Waals surface area contributed by atoms with E-state index in [2.05, 4.69) is 15.2 Å². The van der Waals surface area contributed by atoms with E-state index in [4.69, 9.17) is 14.0 Å². The fraction of sp³-hybridized carbons (Fsp3) is 0.429. The van der Waals surface area contributed by atoms with Crippen molar-refractivity contribution >= 4 is 5.91 Å². The average Bonchev–Trinajstić information content (AvgIpc) is 3.20. The number of fused-ring (bicyclic) bond motifs is 1. The van der Waals surface area contributed by atoms with Crippen LogP contribution in [0.15, 0.2) is 22.7 Å². The zero-order valence-corrected chi connectivity index (χ0v) is 17.2. The lowest BCUT2D eigenvalue weighted by Gasteiger charge is -2.17. The summed E-state index contributed by atoms with van der Waals surface area (Å²) >= 11 is 0. The molecule has 1 aliphatic heterocycles. The second kappa shape index (κ2) is 7.16. The van der Waals surface area contributed by atoms with E-state index in [9.17, 15) is 4.79 Å². The molecule has 0 atom stereocenters. The summed E-state index contributed by atoms with van der Waals surface area (Å²) < 4.78 is 18.0. The van der Waals surface area contributed by atoms with E-state index in [0.29, 0.717) is 42.1 Å². The number of rotatable bonds is 6. The molecule has 0 spiro atoms. The SMILES string of the molecule is COc1ccc(OC)c(CC(=O)N2Cc3c(-c4nc(C5CC5)no4)nn(C)c3C2)c1. The molecular weight excluding hydrogens is 386 g/mol. The Hall–Kier alpha value is -3.36. The van der Waals surface area contributed by atoms with Crippen LogP contribution in [-0.4, -0.2) is 44.9 Å². The molecule has 1 fully saturated rings. The average molecular weight is 409 g/mol. The van der Waals surface area contributed by atoms with Crippen molar-refractivity contribution in [3.63, 3.8) is 0 Å². The third-order valence-electron chi connectivity index (χ3n) is 5.73. The minimum atomic E-state index is 0.00732. The van der Waals surface area contributed by atoms with E-state index >= 15 is 0 Å². The highest BCUT2D eigenvalue weighted by molar-refractivity contribution is 5.80. The molecule has 0 radical (unpaired) electrons. The van der Waals surface area contributed by atoms with Crippen molar-refractivity contribution in [2.24, 2.45) is 7.05 Å². The van der Waals surface area contributed by atoms with Crippen molar-refractivity contribution in [2.75, 3.05) is 14.2 Å². The van der Waals surface area contributed by atoms with Crippen molar-refractivity contribution in [1.29, 1.82) is 0 Å². The van der Waals surface area contributed by atoms with Crippen LogP contribution < -0.4 is 9.47 Å². The highest BCUT2D eigenvalue weighted by Crippen LogP contribution is 2.39. The van der Waals surface area contributed by atoms with Crippen molar-refractivity contribution < 1.29 is 18.8 Å². The van der Waals surface area contributed by atoms with Gasteiger partial charge in [-0.25, -0.2) is 0 Å². The molecule has 3 aromatic rings. The molecule has 9 nitrogen and oxygen atoms in total. The molecule has 1 saturated carbocycles. The van der Waals surface area contributed by atoms with Crippen LogP contribution in [0.25, 0.3) is 11.6 Å². The highest BCUT2D eigenvalue weighted by Gasteiger charge is 2.34. The second-order valence-electron chi connectivity index (χ2n) is 7.73. The van der Waals surface area contributed by atoms with Crippen LogP contribution in [0.5, 0.6) is 11.5 Å². The predicted molar refractivity (Wildman–Crippen MR) is 106 cm³/mol. The first-order valence-corrected chi connectivity index (χ1v) is 9.94. The molecule has 3 heterocycles. The molecule has 0 saturated heterocycles. The topological polar surface area (TPSA) is 95.5 Å². The molecular formula is C21H23N5O4. The van der Waals surface area contributed by atoms with E-state index in [0.717, 1.165) is 35.5 Å². The third kappa shape index (κ3) is 3.20. The van der Waals surface area contributed by atoms with Gasteiger partial charge in [0, 0.05) is 24.1 Å². The van der Waals surface area contributed by atoms with E-state index in [1.54, 1.807) is 18.9 Å². The van der Waals surface area contributed by atoms with Gasteiger partial charge in [-0.05, 0) is 31.0 Å². The van der Waals surface area contributed by atoms with Gasteiger partial charge in [0.1, 0.15) is 11.5 Å². The number of amides is 1. The molecule has 1 amide bonds.